The van der Waals surface area contributed by atoms with Crippen LogP contribution in [0.15, 0.2) is 18.2 Å². The van der Waals surface area contributed by atoms with Gasteiger partial charge >= 0.3 is 17.9 Å². The Morgan fingerprint density at radius 3 is 2.71 bits per heavy atom. The van der Waals surface area contributed by atoms with Crippen molar-refractivity contribution in [3.8, 4) is 5.75 Å². The third-order valence-electron chi connectivity index (χ3n) is 7.37. The average molecular weight is 431 g/mol. The Bertz CT molecular complexity index is 900. The SMILES string of the molecule is CC(=O)OC(C(=O)Oc1ccc2c(c1)[C@@]13CCCC[C@H]1[C@@H](C2)N(C)CC3)C(O)C(=O)O. The molecule has 1 aliphatic heterocycles. The molecule has 2 bridgehead atoms. The lowest BCUT2D eigenvalue weighted by molar-refractivity contribution is -0.176. The quantitative estimate of drug-likeness (QED) is 0.535. The van der Waals surface area contributed by atoms with Crippen molar-refractivity contribution in [3.05, 3.63) is 29.3 Å². The number of hydrogen-bond donors (Lipinski definition) is 2. The number of fused-ring (bicyclic) bond motifs is 1. The summed E-state index contributed by atoms with van der Waals surface area (Å²) in [6.07, 6.45) is 2.60. The molecule has 2 unspecified atom stereocenters. The molecule has 2 N–H and O–H groups in total. The van der Waals surface area contributed by atoms with Crippen molar-refractivity contribution in [1.29, 1.82) is 0 Å². The van der Waals surface area contributed by atoms with Crippen molar-refractivity contribution in [3.63, 3.8) is 0 Å². The second-order valence-electron chi connectivity index (χ2n) is 9.06. The van der Waals surface area contributed by atoms with Crippen molar-refractivity contribution >= 4 is 17.9 Å². The van der Waals surface area contributed by atoms with E-state index in [1.54, 1.807) is 6.07 Å². The summed E-state index contributed by atoms with van der Waals surface area (Å²) in [7, 11) is 2.20. The van der Waals surface area contributed by atoms with Crippen molar-refractivity contribution in [2.24, 2.45) is 5.92 Å². The van der Waals surface area contributed by atoms with Gasteiger partial charge in [-0.2, -0.15) is 0 Å². The Hall–Kier alpha value is -2.45. The second-order valence-corrected chi connectivity index (χ2v) is 9.06. The molecular weight excluding hydrogens is 402 g/mol. The predicted molar refractivity (Wildman–Crippen MR) is 110 cm³/mol. The van der Waals surface area contributed by atoms with E-state index < -0.39 is 30.1 Å². The van der Waals surface area contributed by atoms with Crippen LogP contribution in [0.25, 0.3) is 0 Å². The summed E-state index contributed by atoms with van der Waals surface area (Å²) < 4.78 is 10.1. The molecule has 2 aliphatic carbocycles. The van der Waals surface area contributed by atoms with Crippen molar-refractivity contribution in [2.45, 2.75) is 69.1 Å². The molecule has 1 heterocycles. The fourth-order valence-corrected chi connectivity index (χ4v) is 5.96. The highest BCUT2D eigenvalue weighted by atomic mass is 16.6. The molecule has 168 valence electrons. The highest BCUT2D eigenvalue weighted by Crippen LogP contribution is 2.55. The zero-order valence-corrected chi connectivity index (χ0v) is 17.9. The number of benzene rings is 1. The molecular formula is C23H29NO7. The number of piperidine rings is 1. The minimum Gasteiger partial charge on any atom is -0.479 e. The lowest BCUT2D eigenvalue weighted by Gasteiger charge is -2.58. The topological polar surface area (TPSA) is 113 Å². The van der Waals surface area contributed by atoms with Crippen LogP contribution in [-0.2, 0) is 31.0 Å². The monoisotopic (exact) mass is 431 g/mol. The molecule has 0 amide bonds. The van der Waals surface area contributed by atoms with Crippen LogP contribution in [-0.4, -0.2) is 64.9 Å². The first-order chi connectivity index (χ1) is 14.7. The number of likely N-dealkylation sites (N-methyl/N-ethyl adjacent to an activating group) is 1. The first-order valence-electron chi connectivity index (χ1n) is 10.9. The van der Waals surface area contributed by atoms with Gasteiger partial charge in [0.1, 0.15) is 5.75 Å². The van der Waals surface area contributed by atoms with Gasteiger partial charge in [-0.1, -0.05) is 18.9 Å². The van der Waals surface area contributed by atoms with Gasteiger partial charge in [0.15, 0.2) is 6.10 Å². The second kappa shape index (κ2) is 8.24. The van der Waals surface area contributed by atoms with Gasteiger partial charge in [-0.05, 0) is 68.5 Å². The average Bonchev–Trinajstić information content (AvgIpc) is 2.74. The maximum Gasteiger partial charge on any atom is 0.356 e. The van der Waals surface area contributed by atoms with E-state index in [0.717, 1.165) is 32.7 Å². The molecule has 2 fully saturated rings. The number of carbonyl (C=O) groups is 3. The number of aliphatic carboxylic acids is 1. The number of aliphatic hydroxyl groups excluding tert-OH is 1. The minimum atomic E-state index is -2.20. The molecule has 31 heavy (non-hydrogen) atoms. The Labute approximate surface area is 181 Å². The molecule has 1 aromatic rings. The van der Waals surface area contributed by atoms with Crippen LogP contribution in [0.1, 0.15) is 50.2 Å². The van der Waals surface area contributed by atoms with Crippen molar-refractivity contribution in [1.82, 2.24) is 4.90 Å². The van der Waals surface area contributed by atoms with E-state index in [-0.39, 0.29) is 11.2 Å². The zero-order valence-electron chi connectivity index (χ0n) is 17.9. The minimum absolute atomic E-state index is 0.0707. The molecule has 0 spiro atoms. The normalized spacial score (nSPS) is 29.1. The third kappa shape index (κ3) is 3.83. The van der Waals surface area contributed by atoms with E-state index >= 15 is 0 Å². The van der Waals surface area contributed by atoms with Crippen LogP contribution >= 0.6 is 0 Å². The third-order valence-corrected chi connectivity index (χ3v) is 7.37. The summed E-state index contributed by atoms with van der Waals surface area (Å²) in [5.41, 5.74) is 2.55. The van der Waals surface area contributed by atoms with Gasteiger partial charge in [0.05, 0.1) is 0 Å². The molecule has 8 nitrogen and oxygen atoms in total. The highest BCUT2D eigenvalue weighted by Gasteiger charge is 2.53. The molecule has 0 radical (unpaired) electrons. The molecule has 1 saturated heterocycles. The predicted octanol–water partition coefficient (Wildman–Crippen LogP) is 1.66. The summed E-state index contributed by atoms with van der Waals surface area (Å²) in [6.45, 7) is 2.07. The van der Waals surface area contributed by atoms with E-state index in [1.165, 1.54) is 30.4 Å². The molecule has 1 saturated carbocycles. The van der Waals surface area contributed by atoms with Gasteiger partial charge in [0, 0.05) is 18.4 Å². The van der Waals surface area contributed by atoms with E-state index in [4.69, 9.17) is 14.6 Å². The number of carboxylic acid groups (broad SMARTS) is 1. The Morgan fingerprint density at radius 2 is 2.00 bits per heavy atom. The Balaban J connectivity index is 1.63. The maximum atomic E-state index is 12.6. The van der Waals surface area contributed by atoms with Crippen LogP contribution in [0, 0.1) is 5.92 Å². The number of ether oxygens (including phenoxy) is 2. The summed E-state index contributed by atoms with van der Waals surface area (Å²) in [5.74, 6) is -2.82. The Kier molecular flexibility index (Phi) is 5.79. The number of aliphatic hydroxyl groups is 1. The summed E-state index contributed by atoms with van der Waals surface area (Å²) >= 11 is 0. The van der Waals surface area contributed by atoms with Crippen LogP contribution < -0.4 is 4.74 Å². The van der Waals surface area contributed by atoms with Gasteiger partial charge in [-0.25, -0.2) is 9.59 Å². The zero-order chi connectivity index (χ0) is 22.3. The number of carboxylic acids is 1. The molecule has 3 aliphatic rings. The lowest BCUT2D eigenvalue weighted by atomic mass is 9.52. The molecule has 0 aromatic heterocycles. The number of rotatable bonds is 5. The van der Waals surface area contributed by atoms with Crippen LogP contribution in [0.3, 0.4) is 0 Å². The van der Waals surface area contributed by atoms with Crippen molar-refractivity contribution in [2.75, 3.05) is 13.6 Å². The van der Waals surface area contributed by atoms with Crippen LogP contribution in [0.4, 0.5) is 0 Å². The number of likely N-dealkylation sites (tertiary alicyclic amines) is 1. The summed E-state index contributed by atoms with van der Waals surface area (Å²) in [6, 6.07) is 6.08. The number of esters is 2. The van der Waals surface area contributed by atoms with E-state index in [0.29, 0.717) is 12.0 Å². The number of carbonyl (C=O) groups excluding carboxylic acids is 2. The van der Waals surface area contributed by atoms with E-state index in [1.807, 2.05) is 12.1 Å². The van der Waals surface area contributed by atoms with Gasteiger partial charge in [-0.3, -0.25) is 4.79 Å². The van der Waals surface area contributed by atoms with Crippen LogP contribution in [0.2, 0.25) is 0 Å². The maximum absolute atomic E-state index is 12.6. The fourth-order valence-electron chi connectivity index (χ4n) is 5.96. The van der Waals surface area contributed by atoms with Gasteiger partial charge in [-0.15, -0.1) is 0 Å². The standard InChI is InChI=1S/C23H29NO7/c1-13(25)30-20(19(26)21(27)28)22(29)31-15-7-6-14-11-18-16-5-3-4-8-23(16,17(14)12-15)9-10-24(18)2/h6-7,12,16,18-20,26H,3-5,8-11H2,1-2H3,(H,27,28)/t16-,18+,19?,20?,23+/m0/s1. The highest BCUT2D eigenvalue weighted by molar-refractivity contribution is 5.87. The number of hydrogen-bond acceptors (Lipinski definition) is 7. The van der Waals surface area contributed by atoms with Gasteiger partial charge in [0.25, 0.3) is 0 Å². The molecule has 5 atom stereocenters. The summed E-state index contributed by atoms with van der Waals surface area (Å²) in [5, 5.41) is 18.8. The summed E-state index contributed by atoms with van der Waals surface area (Å²) in [4.78, 5) is 37.5. The largest absolute Gasteiger partial charge is 0.479 e. The van der Waals surface area contributed by atoms with Crippen molar-refractivity contribution < 1.29 is 34.1 Å². The van der Waals surface area contributed by atoms with E-state index in [2.05, 4.69) is 11.9 Å². The first-order valence-corrected chi connectivity index (χ1v) is 10.9. The van der Waals surface area contributed by atoms with Gasteiger partial charge in [0.2, 0.25) is 6.10 Å². The smallest absolute Gasteiger partial charge is 0.356 e. The van der Waals surface area contributed by atoms with Crippen LogP contribution in [0.5, 0.6) is 5.75 Å². The number of nitrogens with zero attached hydrogens (tertiary/aromatic N) is 1. The van der Waals surface area contributed by atoms with Gasteiger partial charge < -0.3 is 24.6 Å². The molecule has 4 rings (SSSR count). The molecule has 8 heteroatoms. The fraction of sp³-hybridized carbons (Fsp3) is 0.609. The van der Waals surface area contributed by atoms with E-state index in [9.17, 15) is 19.5 Å². The lowest BCUT2D eigenvalue weighted by Crippen LogP contribution is -2.59. The molecule has 1 aromatic carbocycles. The Morgan fingerprint density at radius 1 is 1.23 bits per heavy atom. The first kappa shape index (κ1) is 21.8.